The quantitative estimate of drug-likeness (QED) is 0.648. The van der Waals surface area contributed by atoms with Crippen molar-refractivity contribution < 1.29 is 14.6 Å². The molecular formula is C21H17BrO3. The first-order valence-electron chi connectivity index (χ1n) is 7.86. The van der Waals surface area contributed by atoms with Gasteiger partial charge in [0.25, 0.3) is 0 Å². The zero-order chi connectivity index (χ0) is 17.7. The Morgan fingerprint density at radius 2 is 1.44 bits per heavy atom. The molecule has 0 spiro atoms. The van der Waals surface area contributed by atoms with E-state index in [2.05, 4.69) is 15.9 Å². The average Bonchev–Trinajstić information content (AvgIpc) is 2.67. The van der Waals surface area contributed by atoms with Crippen molar-refractivity contribution >= 4 is 21.9 Å². The van der Waals surface area contributed by atoms with Crippen LogP contribution in [-0.2, 0) is 21.7 Å². The standard InChI is InChI=1S/C21H17BrO3/c22-19-13-7-8-16(14-19)15-25-20(23)21(24,17-9-3-1-4-10-17)18-11-5-2-6-12-18/h1-14,24H,15H2. The molecule has 0 amide bonds. The summed E-state index contributed by atoms with van der Waals surface area (Å²) in [5, 5.41) is 11.3. The van der Waals surface area contributed by atoms with E-state index >= 15 is 0 Å². The Hall–Kier alpha value is -2.43. The first-order chi connectivity index (χ1) is 12.1. The van der Waals surface area contributed by atoms with Crippen LogP contribution in [0.3, 0.4) is 0 Å². The van der Waals surface area contributed by atoms with Crippen molar-refractivity contribution in [2.24, 2.45) is 0 Å². The van der Waals surface area contributed by atoms with E-state index in [0.717, 1.165) is 10.0 Å². The molecule has 25 heavy (non-hydrogen) atoms. The molecule has 0 aliphatic rings. The molecule has 0 aromatic heterocycles. The number of ether oxygens (including phenoxy) is 1. The van der Waals surface area contributed by atoms with Crippen molar-refractivity contribution in [3.05, 3.63) is 106 Å². The molecule has 3 aromatic carbocycles. The molecule has 0 radical (unpaired) electrons. The van der Waals surface area contributed by atoms with E-state index in [1.165, 1.54) is 0 Å². The first kappa shape index (κ1) is 17.4. The molecule has 0 saturated carbocycles. The molecule has 3 rings (SSSR count). The zero-order valence-corrected chi connectivity index (χ0v) is 15.0. The van der Waals surface area contributed by atoms with Gasteiger partial charge in [0.2, 0.25) is 5.60 Å². The lowest BCUT2D eigenvalue weighted by molar-refractivity contribution is -0.163. The maximum Gasteiger partial charge on any atom is 0.348 e. The van der Waals surface area contributed by atoms with E-state index < -0.39 is 11.6 Å². The maximum atomic E-state index is 12.8. The Balaban J connectivity index is 1.91. The Kier molecular flexibility index (Phi) is 5.31. The lowest BCUT2D eigenvalue weighted by Crippen LogP contribution is -2.38. The van der Waals surface area contributed by atoms with Gasteiger partial charge in [-0.05, 0) is 28.8 Å². The highest BCUT2D eigenvalue weighted by Crippen LogP contribution is 2.31. The minimum Gasteiger partial charge on any atom is -0.458 e. The monoisotopic (exact) mass is 396 g/mol. The number of benzene rings is 3. The third-order valence-corrected chi connectivity index (χ3v) is 4.43. The predicted molar refractivity (Wildman–Crippen MR) is 99.8 cm³/mol. The van der Waals surface area contributed by atoms with Gasteiger partial charge in [-0.15, -0.1) is 0 Å². The van der Waals surface area contributed by atoms with E-state index in [1.807, 2.05) is 36.4 Å². The summed E-state index contributed by atoms with van der Waals surface area (Å²) < 4.78 is 6.35. The normalized spacial score (nSPS) is 11.1. The number of hydrogen-bond acceptors (Lipinski definition) is 3. The number of hydrogen-bond donors (Lipinski definition) is 1. The molecule has 3 aromatic rings. The summed E-state index contributed by atoms with van der Waals surface area (Å²) >= 11 is 3.39. The van der Waals surface area contributed by atoms with E-state index in [9.17, 15) is 9.90 Å². The molecule has 0 saturated heterocycles. The second-order valence-electron chi connectivity index (χ2n) is 5.65. The van der Waals surface area contributed by atoms with Gasteiger partial charge in [-0.25, -0.2) is 4.79 Å². The topological polar surface area (TPSA) is 46.5 Å². The van der Waals surface area contributed by atoms with Crippen LogP contribution in [0.15, 0.2) is 89.4 Å². The van der Waals surface area contributed by atoms with Crippen LogP contribution in [0, 0.1) is 0 Å². The average molecular weight is 397 g/mol. The predicted octanol–water partition coefficient (Wildman–Crippen LogP) is 4.43. The van der Waals surface area contributed by atoms with E-state index in [4.69, 9.17) is 4.74 Å². The van der Waals surface area contributed by atoms with Crippen LogP contribution in [0.5, 0.6) is 0 Å². The van der Waals surface area contributed by atoms with Gasteiger partial charge < -0.3 is 9.84 Å². The van der Waals surface area contributed by atoms with Gasteiger partial charge in [0.1, 0.15) is 6.61 Å². The highest BCUT2D eigenvalue weighted by molar-refractivity contribution is 9.10. The molecule has 3 nitrogen and oxygen atoms in total. The molecule has 0 fully saturated rings. The summed E-state index contributed by atoms with van der Waals surface area (Å²) in [6.07, 6.45) is 0. The largest absolute Gasteiger partial charge is 0.458 e. The minimum absolute atomic E-state index is 0.0836. The van der Waals surface area contributed by atoms with E-state index in [1.54, 1.807) is 48.5 Å². The fourth-order valence-corrected chi connectivity index (χ4v) is 3.09. The molecule has 4 heteroatoms. The highest BCUT2D eigenvalue weighted by Gasteiger charge is 2.41. The van der Waals surface area contributed by atoms with Crippen LogP contribution < -0.4 is 0 Å². The van der Waals surface area contributed by atoms with Crippen molar-refractivity contribution in [3.8, 4) is 0 Å². The van der Waals surface area contributed by atoms with Gasteiger partial charge >= 0.3 is 5.97 Å². The lowest BCUT2D eigenvalue weighted by atomic mass is 9.86. The van der Waals surface area contributed by atoms with Crippen LogP contribution in [-0.4, -0.2) is 11.1 Å². The Morgan fingerprint density at radius 3 is 1.96 bits per heavy atom. The van der Waals surface area contributed by atoms with Gasteiger partial charge in [0.15, 0.2) is 0 Å². The molecule has 126 valence electrons. The van der Waals surface area contributed by atoms with Gasteiger partial charge in [0, 0.05) is 4.47 Å². The molecule has 1 N–H and O–H groups in total. The highest BCUT2D eigenvalue weighted by atomic mass is 79.9. The molecule has 0 bridgehead atoms. The first-order valence-corrected chi connectivity index (χ1v) is 8.65. The van der Waals surface area contributed by atoms with Crippen LogP contribution in [0.25, 0.3) is 0 Å². The molecular weight excluding hydrogens is 380 g/mol. The van der Waals surface area contributed by atoms with Crippen molar-refractivity contribution in [2.75, 3.05) is 0 Å². The maximum absolute atomic E-state index is 12.8. The van der Waals surface area contributed by atoms with Gasteiger partial charge in [-0.1, -0.05) is 88.7 Å². The van der Waals surface area contributed by atoms with Crippen LogP contribution in [0.2, 0.25) is 0 Å². The Bertz CT molecular complexity index is 808. The summed E-state index contributed by atoms with van der Waals surface area (Å²) in [4.78, 5) is 12.8. The Morgan fingerprint density at radius 1 is 0.880 bits per heavy atom. The van der Waals surface area contributed by atoms with Crippen molar-refractivity contribution in [1.82, 2.24) is 0 Å². The van der Waals surface area contributed by atoms with E-state index in [0.29, 0.717) is 11.1 Å². The SMILES string of the molecule is O=C(OCc1cccc(Br)c1)C(O)(c1ccccc1)c1ccccc1. The summed E-state index contributed by atoms with van der Waals surface area (Å²) in [5.41, 5.74) is -0.0683. The van der Waals surface area contributed by atoms with Crippen LogP contribution in [0.4, 0.5) is 0 Å². The van der Waals surface area contributed by atoms with Crippen LogP contribution in [0.1, 0.15) is 16.7 Å². The number of carbonyl (C=O) groups excluding carboxylic acids is 1. The molecule has 0 heterocycles. The van der Waals surface area contributed by atoms with Crippen molar-refractivity contribution in [3.63, 3.8) is 0 Å². The second kappa shape index (κ2) is 7.64. The summed E-state index contributed by atoms with van der Waals surface area (Å²) in [7, 11) is 0. The molecule has 0 unspecified atom stereocenters. The van der Waals surface area contributed by atoms with E-state index in [-0.39, 0.29) is 6.61 Å². The van der Waals surface area contributed by atoms with Gasteiger partial charge in [0.05, 0.1) is 0 Å². The Labute approximate surface area is 155 Å². The number of halogens is 1. The molecule has 0 aliphatic carbocycles. The van der Waals surface area contributed by atoms with Crippen molar-refractivity contribution in [1.29, 1.82) is 0 Å². The summed E-state index contributed by atoms with van der Waals surface area (Å²) in [5.74, 6) is -0.704. The third-order valence-electron chi connectivity index (χ3n) is 3.94. The molecule has 0 atom stereocenters. The lowest BCUT2D eigenvalue weighted by Gasteiger charge is -2.27. The number of esters is 1. The third kappa shape index (κ3) is 3.81. The number of rotatable bonds is 5. The van der Waals surface area contributed by atoms with Crippen LogP contribution >= 0.6 is 15.9 Å². The van der Waals surface area contributed by atoms with Gasteiger partial charge in [-0.2, -0.15) is 0 Å². The molecule has 0 aliphatic heterocycles. The van der Waals surface area contributed by atoms with Gasteiger partial charge in [-0.3, -0.25) is 0 Å². The second-order valence-corrected chi connectivity index (χ2v) is 6.56. The fraction of sp³-hybridized carbons (Fsp3) is 0.0952. The zero-order valence-electron chi connectivity index (χ0n) is 13.4. The fourth-order valence-electron chi connectivity index (χ4n) is 2.64. The number of aliphatic hydroxyl groups is 1. The minimum atomic E-state index is -1.85. The summed E-state index contributed by atoms with van der Waals surface area (Å²) in [6, 6.07) is 25.2. The van der Waals surface area contributed by atoms with Crippen molar-refractivity contribution in [2.45, 2.75) is 12.2 Å². The summed E-state index contributed by atoms with van der Waals surface area (Å²) in [6.45, 7) is 0.0836. The number of carbonyl (C=O) groups is 1. The smallest absolute Gasteiger partial charge is 0.348 e.